The van der Waals surface area contributed by atoms with Gasteiger partial charge in [0.05, 0.1) is 11.3 Å². The van der Waals surface area contributed by atoms with Crippen LogP contribution in [0.4, 0.5) is 13.2 Å². The van der Waals surface area contributed by atoms with Gasteiger partial charge in [0.2, 0.25) is 0 Å². The Balaban J connectivity index is 2.53. The van der Waals surface area contributed by atoms with E-state index in [4.69, 9.17) is 0 Å². The Hall–Kier alpha value is -1.69. The third-order valence-corrected chi connectivity index (χ3v) is 3.26. The maximum absolute atomic E-state index is 12.8. The molecule has 0 amide bonds. The fourth-order valence-electron chi connectivity index (χ4n) is 1.51. The zero-order valence-corrected chi connectivity index (χ0v) is 10.1. The molecule has 0 saturated carbocycles. The molecule has 2 nitrogen and oxygen atoms in total. The molecule has 0 fully saturated rings. The lowest BCUT2D eigenvalue weighted by Crippen LogP contribution is -2.07. The molecule has 94 valence electrons. The van der Waals surface area contributed by atoms with Gasteiger partial charge in [0, 0.05) is 17.9 Å². The first kappa shape index (κ1) is 12.8. The van der Waals surface area contributed by atoms with Crippen molar-refractivity contribution in [1.82, 2.24) is 4.98 Å². The standard InChI is InChI=1S/C12H8F3NOS/c1-7(17)11-16-10(6-18-11)8-4-2-3-5-9(8)12(13,14)15/h2-6H,1H3. The topological polar surface area (TPSA) is 30.0 Å². The first-order valence-electron chi connectivity index (χ1n) is 5.02. The Bertz CT molecular complexity index is 589. The summed E-state index contributed by atoms with van der Waals surface area (Å²) in [6.45, 7) is 1.33. The quantitative estimate of drug-likeness (QED) is 0.772. The number of ketones is 1. The van der Waals surface area contributed by atoms with Gasteiger partial charge < -0.3 is 0 Å². The number of carbonyl (C=O) groups is 1. The molecule has 18 heavy (non-hydrogen) atoms. The Morgan fingerprint density at radius 3 is 2.50 bits per heavy atom. The summed E-state index contributed by atoms with van der Waals surface area (Å²) in [7, 11) is 0. The number of benzene rings is 1. The van der Waals surface area contributed by atoms with Gasteiger partial charge in [-0.1, -0.05) is 18.2 Å². The van der Waals surface area contributed by atoms with E-state index in [1.54, 1.807) is 0 Å². The molecule has 2 aromatic rings. The van der Waals surface area contributed by atoms with E-state index in [9.17, 15) is 18.0 Å². The molecular weight excluding hydrogens is 263 g/mol. The molecule has 1 aromatic heterocycles. The van der Waals surface area contributed by atoms with Crippen LogP contribution >= 0.6 is 11.3 Å². The van der Waals surface area contributed by atoms with Crippen molar-refractivity contribution in [3.63, 3.8) is 0 Å². The first-order valence-corrected chi connectivity index (χ1v) is 5.90. The Kier molecular flexibility index (Phi) is 3.21. The van der Waals surface area contributed by atoms with Gasteiger partial charge in [-0.3, -0.25) is 4.79 Å². The zero-order chi connectivity index (χ0) is 13.3. The predicted molar refractivity (Wildman–Crippen MR) is 62.6 cm³/mol. The molecule has 0 aliphatic heterocycles. The van der Waals surface area contributed by atoms with E-state index in [1.165, 1.54) is 30.5 Å². The lowest BCUT2D eigenvalue weighted by Gasteiger charge is -2.10. The Labute approximate surface area is 105 Å². The number of carbonyl (C=O) groups excluding carboxylic acids is 1. The minimum atomic E-state index is -4.43. The van der Waals surface area contributed by atoms with Crippen LogP contribution in [0.3, 0.4) is 0 Å². The molecule has 0 atom stereocenters. The van der Waals surface area contributed by atoms with Crippen molar-refractivity contribution < 1.29 is 18.0 Å². The van der Waals surface area contributed by atoms with Gasteiger partial charge in [-0.05, 0) is 6.07 Å². The Morgan fingerprint density at radius 2 is 1.94 bits per heavy atom. The summed E-state index contributed by atoms with van der Waals surface area (Å²) in [5.74, 6) is -0.254. The van der Waals surface area contributed by atoms with E-state index in [0.29, 0.717) is 0 Å². The van der Waals surface area contributed by atoms with Crippen molar-refractivity contribution in [1.29, 1.82) is 0 Å². The van der Waals surface area contributed by atoms with Gasteiger partial charge >= 0.3 is 6.18 Å². The summed E-state index contributed by atoms with van der Waals surface area (Å²) in [4.78, 5) is 15.0. The number of halogens is 3. The number of Topliss-reactive ketones (excluding diaryl/α,β-unsaturated/α-hetero) is 1. The minimum absolute atomic E-state index is 0.00579. The number of rotatable bonds is 2. The van der Waals surface area contributed by atoms with Gasteiger partial charge in [-0.15, -0.1) is 11.3 Å². The lowest BCUT2D eigenvalue weighted by atomic mass is 10.1. The van der Waals surface area contributed by atoms with Crippen LogP contribution in [0.25, 0.3) is 11.3 Å². The molecule has 0 bridgehead atoms. The van der Waals surface area contributed by atoms with Crippen LogP contribution in [0.15, 0.2) is 29.6 Å². The average molecular weight is 271 g/mol. The van der Waals surface area contributed by atoms with Gasteiger partial charge in [-0.2, -0.15) is 13.2 Å². The highest BCUT2D eigenvalue weighted by Crippen LogP contribution is 2.37. The molecule has 0 aliphatic carbocycles. The van der Waals surface area contributed by atoms with Crippen molar-refractivity contribution in [3.8, 4) is 11.3 Å². The van der Waals surface area contributed by atoms with Crippen molar-refractivity contribution >= 4 is 17.1 Å². The van der Waals surface area contributed by atoms with Crippen LogP contribution in [0.2, 0.25) is 0 Å². The third kappa shape index (κ3) is 2.43. The molecule has 0 saturated heterocycles. The van der Waals surface area contributed by atoms with E-state index in [0.717, 1.165) is 17.4 Å². The molecule has 0 N–H and O–H groups in total. The summed E-state index contributed by atoms with van der Waals surface area (Å²) in [6.07, 6.45) is -4.43. The molecule has 0 spiro atoms. The smallest absolute Gasteiger partial charge is 0.292 e. The average Bonchev–Trinajstić information content (AvgIpc) is 2.77. The second kappa shape index (κ2) is 4.53. The van der Waals surface area contributed by atoms with E-state index in [2.05, 4.69) is 4.98 Å². The third-order valence-electron chi connectivity index (χ3n) is 2.31. The zero-order valence-electron chi connectivity index (χ0n) is 9.28. The van der Waals surface area contributed by atoms with Gasteiger partial charge in [0.1, 0.15) is 0 Å². The maximum Gasteiger partial charge on any atom is 0.417 e. The highest BCUT2D eigenvalue weighted by Gasteiger charge is 2.33. The fraction of sp³-hybridized carbons (Fsp3) is 0.167. The van der Waals surface area contributed by atoms with Crippen LogP contribution in [0, 0.1) is 0 Å². The van der Waals surface area contributed by atoms with Crippen LogP contribution in [0.1, 0.15) is 22.3 Å². The molecule has 0 aliphatic rings. The molecule has 0 unspecified atom stereocenters. The predicted octanol–water partition coefficient (Wildman–Crippen LogP) is 4.03. The summed E-state index contributed by atoms with van der Waals surface area (Å²) < 4.78 is 38.4. The van der Waals surface area contributed by atoms with Gasteiger partial charge in [0.15, 0.2) is 10.8 Å². The van der Waals surface area contributed by atoms with Crippen molar-refractivity contribution in [3.05, 3.63) is 40.2 Å². The highest BCUT2D eigenvalue weighted by atomic mass is 32.1. The van der Waals surface area contributed by atoms with Gasteiger partial charge in [0.25, 0.3) is 0 Å². The summed E-state index contributed by atoms with van der Waals surface area (Å²) in [6, 6.07) is 5.19. The van der Waals surface area contributed by atoms with E-state index in [-0.39, 0.29) is 22.0 Å². The summed E-state index contributed by atoms with van der Waals surface area (Å²) in [5, 5.41) is 1.67. The lowest BCUT2D eigenvalue weighted by molar-refractivity contribution is -0.137. The van der Waals surface area contributed by atoms with E-state index >= 15 is 0 Å². The van der Waals surface area contributed by atoms with E-state index < -0.39 is 11.7 Å². The summed E-state index contributed by atoms with van der Waals surface area (Å²) in [5.41, 5.74) is -0.572. The maximum atomic E-state index is 12.8. The number of hydrogen-bond donors (Lipinski definition) is 0. The van der Waals surface area contributed by atoms with Crippen LogP contribution in [-0.2, 0) is 6.18 Å². The van der Waals surface area contributed by atoms with Crippen LogP contribution < -0.4 is 0 Å². The number of alkyl halides is 3. The SMILES string of the molecule is CC(=O)c1nc(-c2ccccc2C(F)(F)F)cs1. The highest BCUT2D eigenvalue weighted by molar-refractivity contribution is 7.12. The molecule has 6 heteroatoms. The molecule has 1 heterocycles. The Morgan fingerprint density at radius 1 is 1.28 bits per heavy atom. The largest absolute Gasteiger partial charge is 0.417 e. The number of nitrogens with zero attached hydrogens (tertiary/aromatic N) is 1. The van der Waals surface area contributed by atoms with Crippen LogP contribution in [0.5, 0.6) is 0 Å². The first-order chi connectivity index (χ1) is 8.39. The normalized spacial score (nSPS) is 11.6. The molecular formula is C12H8F3NOS. The fourth-order valence-corrected chi connectivity index (χ4v) is 2.23. The number of aromatic nitrogens is 1. The van der Waals surface area contributed by atoms with Crippen molar-refractivity contribution in [2.24, 2.45) is 0 Å². The second-order valence-corrected chi connectivity index (χ2v) is 4.50. The minimum Gasteiger partial charge on any atom is -0.292 e. The van der Waals surface area contributed by atoms with E-state index in [1.807, 2.05) is 0 Å². The summed E-state index contributed by atoms with van der Waals surface area (Å²) >= 11 is 1.04. The van der Waals surface area contributed by atoms with Crippen molar-refractivity contribution in [2.45, 2.75) is 13.1 Å². The number of hydrogen-bond acceptors (Lipinski definition) is 3. The van der Waals surface area contributed by atoms with Gasteiger partial charge in [-0.25, -0.2) is 4.98 Å². The second-order valence-electron chi connectivity index (χ2n) is 3.64. The number of thiazole rings is 1. The van der Waals surface area contributed by atoms with Crippen molar-refractivity contribution in [2.75, 3.05) is 0 Å². The molecule has 0 radical (unpaired) electrons. The molecule has 2 rings (SSSR count). The monoisotopic (exact) mass is 271 g/mol. The molecule has 1 aromatic carbocycles. The van der Waals surface area contributed by atoms with Crippen LogP contribution in [-0.4, -0.2) is 10.8 Å².